The van der Waals surface area contributed by atoms with Crippen LogP contribution in [0, 0.1) is 11.8 Å². The van der Waals surface area contributed by atoms with E-state index in [1.807, 2.05) is 0 Å². The maximum absolute atomic E-state index is 5.58. The van der Waals surface area contributed by atoms with Crippen molar-refractivity contribution in [3.8, 4) is 0 Å². The molecule has 0 aromatic heterocycles. The number of halogens is 1. The summed E-state index contributed by atoms with van der Waals surface area (Å²) in [5.41, 5.74) is 0. The first-order valence-electron chi connectivity index (χ1n) is 11.6. The van der Waals surface area contributed by atoms with E-state index in [-0.39, 0.29) is 24.0 Å². The van der Waals surface area contributed by atoms with Gasteiger partial charge in [-0.2, -0.15) is 0 Å². The highest BCUT2D eigenvalue weighted by atomic mass is 127. The van der Waals surface area contributed by atoms with E-state index in [1.165, 1.54) is 32.1 Å². The van der Waals surface area contributed by atoms with Gasteiger partial charge in [0.05, 0.1) is 19.8 Å². The van der Waals surface area contributed by atoms with Crippen LogP contribution in [0.5, 0.6) is 0 Å². The van der Waals surface area contributed by atoms with Gasteiger partial charge in [-0.25, -0.2) is 0 Å². The van der Waals surface area contributed by atoms with Gasteiger partial charge in [0.1, 0.15) is 0 Å². The van der Waals surface area contributed by atoms with Crippen molar-refractivity contribution in [2.75, 3.05) is 66.2 Å². The predicted molar refractivity (Wildman–Crippen MR) is 132 cm³/mol. The second kappa shape index (κ2) is 15.6. The SMILES string of the molecule is CCNC(=NCC(C(CC)CC)N1CCOCC1)N(C)CCC1CCOCC1.I. The Kier molecular flexibility index (Phi) is 14.5. The normalized spacial score (nSPS) is 20.4. The molecule has 2 fully saturated rings. The van der Waals surface area contributed by atoms with Crippen molar-refractivity contribution >= 4 is 29.9 Å². The van der Waals surface area contributed by atoms with Gasteiger partial charge in [-0.05, 0) is 38.0 Å². The summed E-state index contributed by atoms with van der Waals surface area (Å²) in [4.78, 5) is 10.0. The van der Waals surface area contributed by atoms with Crippen molar-refractivity contribution in [1.29, 1.82) is 0 Å². The highest BCUT2D eigenvalue weighted by molar-refractivity contribution is 14.0. The number of ether oxygens (including phenoxy) is 2. The van der Waals surface area contributed by atoms with Crippen LogP contribution in [-0.4, -0.2) is 88.0 Å². The fourth-order valence-electron chi connectivity index (χ4n) is 4.47. The van der Waals surface area contributed by atoms with Crippen LogP contribution in [0.1, 0.15) is 52.9 Å². The Morgan fingerprint density at radius 2 is 1.69 bits per heavy atom. The number of aliphatic imine (C=N–C) groups is 1. The van der Waals surface area contributed by atoms with Crippen LogP contribution in [0.15, 0.2) is 4.99 Å². The van der Waals surface area contributed by atoms with E-state index in [0.29, 0.717) is 12.0 Å². The Labute approximate surface area is 196 Å². The highest BCUT2D eigenvalue weighted by Gasteiger charge is 2.27. The van der Waals surface area contributed by atoms with Gasteiger partial charge in [-0.3, -0.25) is 9.89 Å². The zero-order chi connectivity index (χ0) is 20.2. The Bertz CT molecular complexity index is 437. The molecule has 0 amide bonds. The summed E-state index contributed by atoms with van der Waals surface area (Å²) >= 11 is 0. The summed E-state index contributed by atoms with van der Waals surface area (Å²) < 4.78 is 11.1. The molecule has 0 spiro atoms. The lowest BCUT2D eigenvalue weighted by atomic mass is 9.92. The van der Waals surface area contributed by atoms with E-state index in [4.69, 9.17) is 14.5 Å². The summed E-state index contributed by atoms with van der Waals surface area (Å²) in [7, 11) is 2.18. The molecule has 29 heavy (non-hydrogen) atoms. The molecule has 2 saturated heterocycles. The van der Waals surface area contributed by atoms with Crippen LogP contribution >= 0.6 is 24.0 Å². The zero-order valence-corrected chi connectivity index (χ0v) is 21.5. The minimum atomic E-state index is 0. The number of morpholine rings is 1. The second-order valence-electron chi connectivity index (χ2n) is 8.25. The Balaban J connectivity index is 0.00000420. The first-order valence-corrected chi connectivity index (χ1v) is 11.6. The van der Waals surface area contributed by atoms with Gasteiger partial charge in [0.2, 0.25) is 0 Å². The monoisotopic (exact) mass is 524 g/mol. The minimum absolute atomic E-state index is 0. The second-order valence-corrected chi connectivity index (χ2v) is 8.25. The fraction of sp³-hybridized carbons (Fsp3) is 0.955. The largest absolute Gasteiger partial charge is 0.381 e. The Hall–Kier alpha value is -0.120. The molecule has 7 heteroatoms. The first-order chi connectivity index (χ1) is 13.7. The van der Waals surface area contributed by atoms with E-state index in [0.717, 1.165) is 71.0 Å². The van der Waals surface area contributed by atoms with Gasteiger partial charge in [0, 0.05) is 52.5 Å². The molecule has 0 radical (unpaired) electrons. The molecule has 0 aromatic carbocycles. The Morgan fingerprint density at radius 1 is 1.07 bits per heavy atom. The lowest BCUT2D eigenvalue weighted by Crippen LogP contribution is -2.49. The highest BCUT2D eigenvalue weighted by Crippen LogP contribution is 2.21. The van der Waals surface area contributed by atoms with Crippen LogP contribution in [0.3, 0.4) is 0 Å². The average molecular weight is 525 g/mol. The number of nitrogens with one attached hydrogen (secondary N) is 1. The molecular weight excluding hydrogens is 479 g/mol. The molecule has 0 aromatic rings. The van der Waals surface area contributed by atoms with Gasteiger partial charge >= 0.3 is 0 Å². The molecule has 0 saturated carbocycles. The molecule has 1 N–H and O–H groups in total. The van der Waals surface area contributed by atoms with Gasteiger partial charge in [-0.15, -0.1) is 24.0 Å². The third-order valence-corrected chi connectivity index (χ3v) is 6.45. The molecule has 172 valence electrons. The molecule has 0 bridgehead atoms. The fourth-order valence-corrected chi connectivity index (χ4v) is 4.47. The van der Waals surface area contributed by atoms with Crippen molar-refractivity contribution in [3.05, 3.63) is 0 Å². The summed E-state index contributed by atoms with van der Waals surface area (Å²) in [6.07, 6.45) is 6.06. The van der Waals surface area contributed by atoms with Crippen LogP contribution < -0.4 is 5.32 Å². The van der Waals surface area contributed by atoms with Crippen LogP contribution in [0.25, 0.3) is 0 Å². The molecule has 1 unspecified atom stereocenters. The van der Waals surface area contributed by atoms with E-state index in [1.54, 1.807) is 0 Å². The van der Waals surface area contributed by atoms with E-state index >= 15 is 0 Å². The molecule has 2 heterocycles. The molecular formula is C22H45IN4O2. The van der Waals surface area contributed by atoms with E-state index in [2.05, 4.69) is 42.9 Å². The van der Waals surface area contributed by atoms with Gasteiger partial charge in [0.15, 0.2) is 5.96 Å². The summed E-state index contributed by atoms with van der Waals surface area (Å²) in [6.45, 7) is 15.3. The third-order valence-electron chi connectivity index (χ3n) is 6.45. The van der Waals surface area contributed by atoms with Gasteiger partial charge in [0.25, 0.3) is 0 Å². The third kappa shape index (κ3) is 9.27. The zero-order valence-electron chi connectivity index (χ0n) is 19.2. The molecule has 6 nitrogen and oxygen atoms in total. The minimum Gasteiger partial charge on any atom is -0.381 e. The standard InChI is InChI=1S/C22H44N4O2.HI/c1-5-20(6-2)21(26-12-16-28-17-13-26)18-24-22(23-7-3)25(4)11-8-19-9-14-27-15-10-19;/h19-21H,5-18H2,1-4H3,(H,23,24);1H. The van der Waals surface area contributed by atoms with Crippen molar-refractivity contribution in [2.24, 2.45) is 16.8 Å². The van der Waals surface area contributed by atoms with Crippen LogP contribution in [0.2, 0.25) is 0 Å². The average Bonchev–Trinajstić information content (AvgIpc) is 2.75. The van der Waals surface area contributed by atoms with Gasteiger partial charge in [-0.1, -0.05) is 26.7 Å². The lowest BCUT2D eigenvalue weighted by Gasteiger charge is -2.38. The molecule has 0 aliphatic carbocycles. The number of guanidine groups is 1. The van der Waals surface area contributed by atoms with E-state index in [9.17, 15) is 0 Å². The smallest absolute Gasteiger partial charge is 0.193 e. The summed E-state index contributed by atoms with van der Waals surface area (Å²) in [6, 6.07) is 0.511. The number of hydrogen-bond acceptors (Lipinski definition) is 4. The number of hydrogen-bond donors (Lipinski definition) is 1. The molecule has 2 aliphatic rings. The number of rotatable bonds is 10. The molecule has 1 atom stereocenters. The van der Waals surface area contributed by atoms with Crippen molar-refractivity contribution in [3.63, 3.8) is 0 Å². The first kappa shape index (κ1) is 26.9. The maximum Gasteiger partial charge on any atom is 0.193 e. The number of nitrogens with zero attached hydrogens (tertiary/aromatic N) is 3. The molecule has 2 rings (SSSR count). The summed E-state index contributed by atoms with van der Waals surface area (Å²) in [5, 5.41) is 3.51. The quantitative estimate of drug-likeness (QED) is 0.270. The molecule has 2 aliphatic heterocycles. The maximum atomic E-state index is 5.58. The lowest BCUT2D eigenvalue weighted by molar-refractivity contribution is 0.00391. The van der Waals surface area contributed by atoms with E-state index < -0.39 is 0 Å². The van der Waals surface area contributed by atoms with Crippen LogP contribution in [-0.2, 0) is 9.47 Å². The van der Waals surface area contributed by atoms with Gasteiger partial charge < -0.3 is 19.7 Å². The van der Waals surface area contributed by atoms with Crippen LogP contribution in [0.4, 0.5) is 0 Å². The summed E-state index contributed by atoms with van der Waals surface area (Å²) in [5.74, 6) is 2.54. The van der Waals surface area contributed by atoms with Crippen molar-refractivity contribution < 1.29 is 9.47 Å². The van der Waals surface area contributed by atoms with Crippen molar-refractivity contribution in [2.45, 2.75) is 58.9 Å². The topological polar surface area (TPSA) is 49.3 Å². The Morgan fingerprint density at radius 3 is 2.28 bits per heavy atom. The predicted octanol–water partition coefficient (Wildman–Crippen LogP) is 3.46. The van der Waals surface area contributed by atoms with Crippen molar-refractivity contribution in [1.82, 2.24) is 15.1 Å².